The molecule has 0 spiro atoms. The van der Waals surface area contributed by atoms with Crippen LogP contribution in [0.5, 0.6) is 17.2 Å². The first-order valence-corrected chi connectivity index (χ1v) is 9.07. The second-order valence-corrected chi connectivity index (χ2v) is 6.80. The van der Waals surface area contributed by atoms with Crippen molar-refractivity contribution in [3.63, 3.8) is 0 Å². The fraction of sp³-hybridized carbons (Fsp3) is 0.381. The predicted molar refractivity (Wildman–Crippen MR) is 98.0 cm³/mol. The lowest BCUT2D eigenvalue weighted by Gasteiger charge is -2.32. The summed E-state index contributed by atoms with van der Waals surface area (Å²) in [5, 5.41) is 3.30. The molecule has 2 aromatic carbocycles. The van der Waals surface area contributed by atoms with Crippen LogP contribution in [0.4, 0.5) is 0 Å². The van der Waals surface area contributed by atoms with Crippen LogP contribution in [-0.4, -0.2) is 26.2 Å². The molecule has 1 amide bonds. The molecule has 0 unspecified atom stereocenters. The lowest BCUT2D eigenvalue weighted by Crippen LogP contribution is -2.44. The lowest BCUT2D eigenvalue weighted by atomic mass is 9.87. The van der Waals surface area contributed by atoms with Gasteiger partial charge in [-0.05, 0) is 42.7 Å². The number of ether oxygens (including phenoxy) is 3. The maximum atomic E-state index is 13.1. The largest absolute Gasteiger partial charge is 0.497 e. The van der Waals surface area contributed by atoms with E-state index in [2.05, 4.69) is 5.32 Å². The van der Waals surface area contributed by atoms with Crippen LogP contribution in [0.15, 0.2) is 42.5 Å². The molecule has 2 aliphatic rings. The van der Waals surface area contributed by atoms with Crippen molar-refractivity contribution in [1.29, 1.82) is 0 Å². The van der Waals surface area contributed by atoms with Gasteiger partial charge < -0.3 is 19.5 Å². The molecule has 5 heteroatoms. The lowest BCUT2D eigenvalue weighted by molar-refractivity contribution is 0.0887. The Bertz CT molecular complexity index is 794. The van der Waals surface area contributed by atoms with E-state index in [1.807, 2.05) is 36.4 Å². The molecule has 0 bridgehead atoms. The van der Waals surface area contributed by atoms with E-state index < -0.39 is 0 Å². The Morgan fingerprint density at radius 1 is 1.04 bits per heavy atom. The second kappa shape index (κ2) is 6.90. The van der Waals surface area contributed by atoms with Gasteiger partial charge in [-0.2, -0.15) is 0 Å². The van der Waals surface area contributed by atoms with Crippen LogP contribution >= 0.6 is 0 Å². The Balaban J connectivity index is 1.64. The second-order valence-electron chi connectivity index (χ2n) is 6.80. The Kier molecular flexibility index (Phi) is 4.45. The van der Waals surface area contributed by atoms with Crippen LogP contribution in [0, 0.1) is 0 Å². The first-order chi connectivity index (χ1) is 12.7. The number of benzene rings is 2. The van der Waals surface area contributed by atoms with E-state index in [4.69, 9.17) is 14.2 Å². The van der Waals surface area contributed by atoms with Crippen molar-refractivity contribution < 1.29 is 19.0 Å². The molecule has 0 aromatic heterocycles. The van der Waals surface area contributed by atoms with E-state index in [0.717, 1.165) is 37.0 Å². The minimum Gasteiger partial charge on any atom is -0.497 e. The average Bonchev–Trinajstić information content (AvgIpc) is 3.17. The van der Waals surface area contributed by atoms with Gasteiger partial charge in [0.15, 0.2) is 11.5 Å². The van der Waals surface area contributed by atoms with E-state index in [0.29, 0.717) is 30.3 Å². The van der Waals surface area contributed by atoms with Crippen molar-refractivity contribution in [3.8, 4) is 17.2 Å². The van der Waals surface area contributed by atoms with E-state index in [9.17, 15) is 4.79 Å². The van der Waals surface area contributed by atoms with Gasteiger partial charge in [0.05, 0.1) is 18.2 Å². The van der Waals surface area contributed by atoms with Crippen molar-refractivity contribution in [2.75, 3.05) is 20.3 Å². The summed E-state index contributed by atoms with van der Waals surface area (Å²) < 4.78 is 16.6. The highest BCUT2D eigenvalue weighted by Gasteiger charge is 2.38. The fourth-order valence-electron chi connectivity index (χ4n) is 3.91. The van der Waals surface area contributed by atoms with Gasteiger partial charge in [0.2, 0.25) is 0 Å². The summed E-state index contributed by atoms with van der Waals surface area (Å²) in [7, 11) is 1.66. The molecule has 0 radical (unpaired) electrons. The fourth-order valence-corrected chi connectivity index (χ4v) is 3.91. The molecular formula is C21H23NO4. The van der Waals surface area contributed by atoms with E-state index in [-0.39, 0.29) is 11.4 Å². The van der Waals surface area contributed by atoms with Crippen molar-refractivity contribution in [1.82, 2.24) is 5.32 Å². The van der Waals surface area contributed by atoms with Crippen molar-refractivity contribution in [2.24, 2.45) is 0 Å². The van der Waals surface area contributed by atoms with E-state index in [1.165, 1.54) is 0 Å². The summed E-state index contributed by atoms with van der Waals surface area (Å²) in [6.07, 6.45) is 4.05. The molecule has 2 aromatic rings. The van der Waals surface area contributed by atoms with Crippen molar-refractivity contribution in [2.45, 2.75) is 31.2 Å². The molecule has 5 nitrogen and oxygen atoms in total. The quantitative estimate of drug-likeness (QED) is 0.911. The summed E-state index contributed by atoms with van der Waals surface area (Å²) in [6, 6.07) is 13.4. The zero-order valence-corrected chi connectivity index (χ0v) is 14.9. The van der Waals surface area contributed by atoms with Gasteiger partial charge >= 0.3 is 0 Å². The third-order valence-corrected chi connectivity index (χ3v) is 5.26. The topological polar surface area (TPSA) is 56.8 Å². The van der Waals surface area contributed by atoms with Gasteiger partial charge in [0, 0.05) is 0 Å². The normalized spacial score (nSPS) is 17.6. The molecule has 4 rings (SSSR count). The standard InChI is InChI=1S/C21H23NO4/c1-24-16-9-7-15(8-10-16)21(11-2-3-12-21)22-20(23)17-5-4-6-18-19(17)26-14-13-25-18/h4-10H,2-3,11-14H2,1H3,(H,22,23). The van der Waals surface area contributed by atoms with Crippen molar-refractivity contribution >= 4 is 5.91 Å². The summed E-state index contributed by atoms with van der Waals surface area (Å²) in [5.41, 5.74) is 1.30. The number of nitrogens with one attached hydrogen (secondary N) is 1. The zero-order chi connectivity index (χ0) is 18.0. The van der Waals surface area contributed by atoms with Gasteiger partial charge in [-0.1, -0.05) is 31.0 Å². The number of para-hydroxylation sites is 1. The highest BCUT2D eigenvalue weighted by Crippen LogP contribution is 2.40. The molecule has 0 saturated heterocycles. The highest BCUT2D eigenvalue weighted by atomic mass is 16.6. The number of carbonyl (C=O) groups excluding carboxylic acids is 1. The first kappa shape index (κ1) is 16.8. The van der Waals surface area contributed by atoms with Gasteiger partial charge in [0.25, 0.3) is 5.91 Å². The minimum absolute atomic E-state index is 0.120. The van der Waals surface area contributed by atoms with Crippen molar-refractivity contribution in [3.05, 3.63) is 53.6 Å². The van der Waals surface area contributed by atoms with Gasteiger partial charge in [0.1, 0.15) is 19.0 Å². The smallest absolute Gasteiger partial charge is 0.255 e. The molecule has 1 aliphatic carbocycles. The molecule has 1 heterocycles. The molecule has 136 valence electrons. The number of fused-ring (bicyclic) bond motifs is 1. The number of methoxy groups -OCH3 is 1. The van der Waals surface area contributed by atoms with Crippen LogP contribution in [0.25, 0.3) is 0 Å². The Morgan fingerprint density at radius 3 is 2.50 bits per heavy atom. The van der Waals surface area contributed by atoms with Crippen LogP contribution in [-0.2, 0) is 5.54 Å². The number of rotatable bonds is 4. The third-order valence-electron chi connectivity index (χ3n) is 5.26. The zero-order valence-electron chi connectivity index (χ0n) is 14.9. The SMILES string of the molecule is COc1ccc(C2(NC(=O)c3cccc4c3OCCO4)CCCC2)cc1. The summed E-state index contributed by atoms with van der Waals surface area (Å²) in [5.74, 6) is 1.87. The number of amides is 1. The summed E-state index contributed by atoms with van der Waals surface area (Å²) in [4.78, 5) is 13.1. The Labute approximate surface area is 153 Å². The molecule has 1 N–H and O–H groups in total. The summed E-state index contributed by atoms with van der Waals surface area (Å²) >= 11 is 0. The van der Waals surface area contributed by atoms with Gasteiger partial charge in [-0.25, -0.2) is 0 Å². The molecule has 1 aliphatic heterocycles. The minimum atomic E-state index is -0.346. The van der Waals surface area contributed by atoms with E-state index >= 15 is 0 Å². The van der Waals surface area contributed by atoms with Crippen LogP contribution in [0.3, 0.4) is 0 Å². The maximum Gasteiger partial charge on any atom is 0.255 e. The third kappa shape index (κ3) is 2.98. The van der Waals surface area contributed by atoms with Crippen LogP contribution < -0.4 is 19.5 Å². The Morgan fingerprint density at radius 2 is 1.77 bits per heavy atom. The predicted octanol–water partition coefficient (Wildman–Crippen LogP) is 3.67. The molecule has 0 atom stereocenters. The summed E-state index contributed by atoms with van der Waals surface area (Å²) in [6.45, 7) is 0.967. The first-order valence-electron chi connectivity index (χ1n) is 9.07. The molecule has 26 heavy (non-hydrogen) atoms. The van der Waals surface area contributed by atoms with Gasteiger partial charge in [-0.15, -0.1) is 0 Å². The number of hydrogen-bond acceptors (Lipinski definition) is 4. The molecular weight excluding hydrogens is 330 g/mol. The van der Waals surface area contributed by atoms with Gasteiger partial charge in [-0.3, -0.25) is 4.79 Å². The molecule has 1 saturated carbocycles. The molecule has 1 fully saturated rings. The van der Waals surface area contributed by atoms with E-state index in [1.54, 1.807) is 13.2 Å². The number of carbonyl (C=O) groups is 1. The monoisotopic (exact) mass is 353 g/mol. The maximum absolute atomic E-state index is 13.1. The van der Waals surface area contributed by atoms with Crippen LogP contribution in [0.2, 0.25) is 0 Å². The average molecular weight is 353 g/mol. The Hall–Kier alpha value is -2.69. The van der Waals surface area contributed by atoms with Crippen LogP contribution in [0.1, 0.15) is 41.6 Å². The number of hydrogen-bond donors (Lipinski definition) is 1. The highest BCUT2D eigenvalue weighted by molar-refractivity contribution is 5.98.